The number of halogens is 1. The molecule has 466 valence electrons. The van der Waals surface area contributed by atoms with E-state index in [2.05, 4.69) is 243 Å². The van der Waals surface area contributed by atoms with E-state index in [1.54, 1.807) is 0 Å². The molecule has 6 aromatic heterocycles. The Bertz CT molecular complexity index is 6670. The summed E-state index contributed by atoms with van der Waals surface area (Å²) in [6.45, 7) is 8.26. The predicted octanol–water partition coefficient (Wildman–Crippen LogP) is 23.1. The first-order valence-corrected chi connectivity index (χ1v) is 35.1. The van der Waals surface area contributed by atoms with Crippen molar-refractivity contribution in [1.29, 1.82) is 0 Å². The van der Waals surface area contributed by atoms with Gasteiger partial charge in [0.2, 0.25) is 0 Å². The van der Waals surface area contributed by atoms with Gasteiger partial charge in [-0.3, -0.25) is 9.13 Å². The molecule has 1 fully saturated rings. The fraction of sp³-hybridized carbons (Fsp3) is 0.0698. The van der Waals surface area contributed by atoms with E-state index in [-0.39, 0.29) is 18.3 Å². The molecule has 7 heterocycles. The number of para-hydroxylation sites is 6. The molecule has 8 nitrogen and oxygen atoms in total. The van der Waals surface area contributed by atoms with Gasteiger partial charge in [-0.25, -0.2) is 19.9 Å². The van der Waals surface area contributed by atoms with E-state index >= 15 is 0 Å². The quantitative estimate of drug-likeness (QED) is 0.163. The number of thiophene rings is 2. The van der Waals surface area contributed by atoms with E-state index < -0.39 is 0 Å². The summed E-state index contributed by atoms with van der Waals surface area (Å²) in [7, 11) is -0.240. The summed E-state index contributed by atoms with van der Waals surface area (Å²) in [5.41, 5.74) is 10.4. The number of benzene rings is 14. The second kappa shape index (κ2) is 22.6. The van der Waals surface area contributed by atoms with Gasteiger partial charge in [0.1, 0.15) is 5.69 Å². The predicted molar refractivity (Wildman–Crippen MR) is 416 cm³/mol. The van der Waals surface area contributed by atoms with Gasteiger partial charge in [0.05, 0.1) is 64.7 Å². The average molecular weight is 1320 g/mol. The lowest BCUT2D eigenvalue weighted by molar-refractivity contribution is 0.00578. The number of aromatic nitrogens is 6. The molecule has 0 N–H and O–H groups in total. The highest BCUT2D eigenvalue weighted by atomic mass is 35.5. The maximum absolute atomic E-state index is 6.93. The van der Waals surface area contributed by atoms with E-state index in [4.69, 9.17) is 40.8 Å². The van der Waals surface area contributed by atoms with Gasteiger partial charge < -0.3 is 9.31 Å². The Morgan fingerprint density at radius 2 is 0.694 bits per heavy atom. The van der Waals surface area contributed by atoms with Gasteiger partial charge in [-0.2, -0.15) is 0 Å². The van der Waals surface area contributed by atoms with Crippen LogP contribution in [-0.4, -0.2) is 47.4 Å². The van der Waals surface area contributed by atoms with Crippen molar-refractivity contribution in [2.75, 3.05) is 0 Å². The zero-order valence-electron chi connectivity index (χ0n) is 53.8. The summed E-state index contributed by atoms with van der Waals surface area (Å²) in [6, 6.07) is 98.1. The van der Waals surface area contributed by atoms with Crippen LogP contribution in [-0.2, 0) is 9.31 Å². The van der Waals surface area contributed by atoms with Crippen molar-refractivity contribution in [3.63, 3.8) is 0 Å². The Morgan fingerprint density at radius 3 is 1.18 bits per heavy atom. The summed E-state index contributed by atoms with van der Waals surface area (Å²) in [5, 5.41) is 20.5. The van der Waals surface area contributed by atoms with Crippen molar-refractivity contribution >= 4 is 196 Å². The van der Waals surface area contributed by atoms with Crippen LogP contribution >= 0.6 is 34.3 Å². The zero-order chi connectivity index (χ0) is 65.5. The lowest BCUT2D eigenvalue weighted by Gasteiger charge is -2.32. The molecule has 1 saturated heterocycles. The van der Waals surface area contributed by atoms with E-state index in [1.807, 2.05) is 95.5 Å². The van der Waals surface area contributed by atoms with Crippen LogP contribution < -0.4 is 5.46 Å². The van der Waals surface area contributed by atoms with Crippen LogP contribution in [0.5, 0.6) is 0 Å². The maximum Gasteiger partial charge on any atom is 0.494 e. The van der Waals surface area contributed by atoms with Crippen molar-refractivity contribution in [2.45, 2.75) is 38.9 Å². The molecule has 0 saturated carbocycles. The molecule has 0 unspecified atom stereocenters. The van der Waals surface area contributed by atoms with Crippen LogP contribution in [0, 0.1) is 0 Å². The first-order chi connectivity index (χ1) is 48.0. The summed E-state index contributed by atoms with van der Waals surface area (Å²) >= 11 is 10.7. The Labute approximate surface area is 576 Å². The fourth-order valence-corrected chi connectivity index (χ4v) is 17.9. The molecule has 21 rings (SSSR count). The molecule has 0 spiro atoms. The van der Waals surface area contributed by atoms with Gasteiger partial charge in [0.25, 0.3) is 0 Å². The number of nitrogens with zero attached hydrogens (tertiary/aromatic N) is 6. The molecule has 0 bridgehead atoms. The third-order valence-corrected chi connectivity index (χ3v) is 22.9. The molecule has 0 amide bonds. The van der Waals surface area contributed by atoms with Gasteiger partial charge in [-0.05, 0) is 113 Å². The van der Waals surface area contributed by atoms with E-state index in [9.17, 15) is 0 Å². The minimum Gasteiger partial charge on any atom is -0.399 e. The summed E-state index contributed by atoms with van der Waals surface area (Å²) in [4.78, 5) is 20.5. The second-order valence-electron chi connectivity index (χ2n) is 26.3. The van der Waals surface area contributed by atoms with E-state index in [0.29, 0.717) is 11.0 Å². The van der Waals surface area contributed by atoms with E-state index in [0.717, 1.165) is 61.2 Å². The first kappa shape index (κ1) is 58.5. The van der Waals surface area contributed by atoms with Crippen molar-refractivity contribution < 1.29 is 9.31 Å². The average Bonchev–Trinajstić information content (AvgIpc) is 1.53. The van der Waals surface area contributed by atoms with Gasteiger partial charge in [-0.15, -0.1) is 22.7 Å². The topological polar surface area (TPSA) is 79.9 Å². The molecular formula is C86H58BClN6O2S2. The Kier molecular flexibility index (Phi) is 13.5. The molecule has 20 aromatic rings. The minimum atomic E-state index is -0.256. The van der Waals surface area contributed by atoms with Crippen molar-refractivity contribution in [1.82, 2.24) is 29.1 Å². The highest BCUT2D eigenvalue weighted by Crippen LogP contribution is 2.52. The monoisotopic (exact) mass is 1320 g/mol. The summed E-state index contributed by atoms with van der Waals surface area (Å²) in [6.07, 6.45) is 0. The van der Waals surface area contributed by atoms with Gasteiger partial charge in [0.15, 0.2) is 16.8 Å². The minimum absolute atomic E-state index is 0.240. The standard InChI is InChI=1S/C40H23N3S.C34H18ClN3S.C12H17BO2/c1-2-13-25(14-3-1)36-40(42-32-20-10-9-19-31(32)41-36)43-33-21-11-8-18-29(33)34-27-16-6-7-17-28(27)35-30-23-22-24-12-4-5-15-26(24)38(30)44-39(35)37(34)43;35-33-34(37-26-15-7-6-14-25(26)36-33)38-27-16-8-5-13-23(27)28-21-11-3-4-12-22(21)29-24-18-17-19-9-1-2-10-20(19)31(24)39-32(29)30(28)38;1-11(2)12(3,4)15-13(14-11)10-8-6-5-7-9-10/h1-23H;1-18H;5-9H,1-4H3. The zero-order valence-corrected chi connectivity index (χ0v) is 56.2. The van der Waals surface area contributed by atoms with Crippen LogP contribution in [0.1, 0.15) is 27.7 Å². The van der Waals surface area contributed by atoms with Crippen molar-refractivity contribution in [3.05, 3.63) is 284 Å². The van der Waals surface area contributed by atoms with Crippen LogP contribution in [0.3, 0.4) is 0 Å². The molecule has 0 aliphatic carbocycles. The highest BCUT2D eigenvalue weighted by Gasteiger charge is 2.51. The third kappa shape index (κ3) is 9.04. The van der Waals surface area contributed by atoms with Gasteiger partial charge in [-0.1, -0.05) is 254 Å². The molecule has 0 radical (unpaired) electrons. The Balaban J connectivity index is 0.000000114. The van der Waals surface area contributed by atoms with Crippen LogP contribution in [0.4, 0.5) is 0 Å². The number of rotatable bonds is 4. The smallest absolute Gasteiger partial charge is 0.399 e. The third-order valence-electron chi connectivity index (χ3n) is 20.1. The molecule has 1 aliphatic rings. The fourth-order valence-electron chi connectivity index (χ4n) is 14.9. The van der Waals surface area contributed by atoms with Crippen LogP contribution in [0.15, 0.2) is 279 Å². The highest BCUT2D eigenvalue weighted by molar-refractivity contribution is 7.28. The molecular weight excluding hydrogens is 1260 g/mol. The van der Waals surface area contributed by atoms with Crippen molar-refractivity contribution in [3.8, 4) is 22.9 Å². The molecule has 0 atom stereocenters. The molecule has 1 aliphatic heterocycles. The Hall–Kier alpha value is -10.9. The van der Waals surface area contributed by atoms with Gasteiger partial charge in [0, 0.05) is 58.1 Å². The SMILES string of the molecule is CC1(C)OB(c2ccccc2)OC1(C)C.Clc1nc2ccccc2nc1-n1c2ccccc2c2c3ccccc3c3c4ccc5ccccc5c4sc3c21.c1ccc(-c2nc3ccccc3nc2-n2c3ccccc3c3c4ccccc4c4c5ccc6ccccc6c5sc4c32)cc1. The summed E-state index contributed by atoms with van der Waals surface area (Å²) in [5.74, 6) is 1.50. The van der Waals surface area contributed by atoms with Crippen molar-refractivity contribution in [2.24, 2.45) is 0 Å². The largest absolute Gasteiger partial charge is 0.494 e. The number of hydrogen-bond acceptors (Lipinski definition) is 8. The molecule has 12 heteroatoms. The van der Waals surface area contributed by atoms with Crippen LogP contribution in [0.2, 0.25) is 5.15 Å². The maximum atomic E-state index is 6.93. The summed E-state index contributed by atoms with van der Waals surface area (Å²) < 4.78 is 21.6. The van der Waals surface area contributed by atoms with E-state index in [1.165, 1.54) is 110 Å². The lowest BCUT2D eigenvalue weighted by atomic mass is 9.79. The second-order valence-corrected chi connectivity index (χ2v) is 28.7. The van der Waals surface area contributed by atoms with Gasteiger partial charge >= 0.3 is 7.12 Å². The molecule has 14 aromatic carbocycles. The molecule has 98 heavy (non-hydrogen) atoms. The first-order valence-electron chi connectivity index (χ1n) is 33.1. The van der Waals surface area contributed by atoms with Crippen LogP contribution in [0.25, 0.3) is 172 Å². The Morgan fingerprint density at radius 1 is 0.327 bits per heavy atom. The number of fused-ring (bicyclic) bond motifs is 26. The normalized spacial score (nSPS) is 13.8. The lowest BCUT2D eigenvalue weighted by Crippen LogP contribution is -2.41. The number of hydrogen-bond donors (Lipinski definition) is 0.